The molecule has 2 rings (SSSR count). The average molecular weight is 156 g/mol. The lowest BCUT2D eigenvalue weighted by Crippen LogP contribution is -2.70. The van der Waals surface area contributed by atoms with Crippen LogP contribution in [0, 0.1) is 5.41 Å². The van der Waals surface area contributed by atoms with Crippen LogP contribution >= 0.6 is 0 Å². The molecule has 0 unspecified atom stereocenters. The fourth-order valence-corrected chi connectivity index (χ4v) is 1.83. The highest BCUT2D eigenvalue weighted by molar-refractivity contribution is 5.03. The fraction of sp³-hybridized carbons (Fsp3) is 1.00. The van der Waals surface area contributed by atoms with Gasteiger partial charge in [-0.15, -0.1) is 0 Å². The second-order valence-electron chi connectivity index (χ2n) is 3.41. The molecular formula is C9H20N2. The third-order valence-corrected chi connectivity index (χ3v) is 2.57. The standard InChI is InChI=1S/C7H14N2.C2H6/c1-2-9-5-7(6-9)3-8-4-7;1-2/h8H,2-6H2,1H3;1-2H3. The van der Waals surface area contributed by atoms with Crippen LogP contribution in [-0.4, -0.2) is 37.6 Å². The molecular weight excluding hydrogens is 136 g/mol. The number of hydrogen-bond donors (Lipinski definition) is 1. The molecule has 2 nitrogen and oxygen atoms in total. The second-order valence-corrected chi connectivity index (χ2v) is 3.41. The Labute approximate surface area is 70.0 Å². The summed E-state index contributed by atoms with van der Waals surface area (Å²) < 4.78 is 0. The maximum Gasteiger partial charge on any atom is 0.0207 e. The van der Waals surface area contributed by atoms with Gasteiger partial charge >= 0.3 is 0 Å². The van der Waals surface area contributed by atoms with Gasteiger partial charge in [0.15, 0.2) is 0 Å². The molecule has 2 heteroatoms. The number of nitrogens with zero attached hydrogens (tertiary/aromatic N) is 1. The Morgan fingerprint density at radius 3 is 2.09 bits per heavy atom. The lowest BCUT2D eigenvalue weighted by atomic mass is 9.74. The second kappa shape index (κ2) is 3.55. The molecule has 2 aliphatic rings. The lowest BCUT2D eigenvalue weighted by molar-refractivity contribution is -0.0357. The Bertz CT molecular complexity index is 111. The minimum Gasteiger partial charge on any atom is -0.315 e. The predicted octanol–water partition coefficient (Wildman–Crippen LogP) is 0.938. The summed E-state index contributed by atoms with van der Waals surface area (Å²) in [6.45, 7) is 12.7. The van der Waals surface area contributed by atoms with Crippen molar-refractivity contribution in [3.63, 3.8) is 0 Å². The summed E-state index contributed by atoms with van der Waals surface area (Å²) in [7, 11) is 0. The van der Waals surface area contributed by atoms with Gasteiger partial charge in [0.1, 0.15) is 0 Å². The zero-order valence-electron chi connectivity index (χ0n) is 7.98. The maximum absolute atomic E-state index is 3.32. The molecule has 1 spiro atoms. The van der Waals surface area contributed by atoms with Crippen LogP contribution < -0.4 is 5.32 Å². The number of nitrogens with one attached hydrogen (secondary N) is 1. The van der Waals surface area contributed by atoms with Crippen LogP contribution in [0.1, 0.15) is 20.8 Å². The molecule has 0 saturated carbocycles. The Balaban J connectivity index is 0.000000281. The quantitative estimate of drug-likeness (QED) is 0.608. The summed E-state index contributed by atoms with van der Waals surface area (Å²) in [5, 5.41) is 3.32. The van der Waals surface area contributed by atoms with E-state index in [4.69, 9.17) is 0 Å². The highest BCUT2D eigenvalue weighted by Gasteiger charge is 2.46. The van der Waals surface area contributed by atoms with E-state index in [2.05, 4.69) is 17.1 Å². The van der Waals surface area contributed by atoms with E-state index in [0.717, 1.165) is 5.41 Å². The van der Waals surface area contributed by atoms with Crippen LogP contribution in [0.2, 0.25) is 0 Å². The van der Waals surface area contributed by atoms with Gasteiger partial charge in [0.05, 0.1) is 0 Å². The topological polar surface area (TPSA) is 15.3 Å². The Morgan fingerprint density at radius 2 is 1.82 bits per heavy atom. The first-order valence-corrected chi connectivity index (χ1v) is 4.78. The molecule has 0 aromatic heterocycles. The van der Waals surface area contributed by atoms with Crippen molar-refractivity contribution in [2.75, 3.05) is 32.7 Å². The van der Waals surface area contributed by atoms with Crippen LogP contribution in [0.5, 0.6) is 0 Å². The molecule has 11 heavy (non-hydrogen) atoms. The largest absolute Gasteiger partial charge is 0.315 e. The molecule has 2 heterocycles. The molecule has 2 saturated heterocycles. The van der Waals surface area contributed by atoms with Crippen LogP contribution in [-0.2, 0) is 0 Å². The highest BCUT2D eigenvalue weighted by atomic mass is 15.2. The van der Waals surface area contributed by atoms with Gasteiger partial charge in [-0.05, 0) is 6.54 Å². The fourth-order valence-electron chi connectivity index (χ4n) is 1.83. The van der Waals surface area contributed by atoms with E-state index in [-0.39, 0.29) is 0 Å². The smallest absolute Gasteiger partial charge is 0.0207 e. The van der Waals surface area contributed by atoms with E-state index in [0.29, 0.717) is 0 Å². The molecule has 0 bridgehead atoms. The van der Waals surface area contributed by atoms with E-state index in [9.17, 15) is 0 Å². The van der Waals surface area contributed by atoms with E-state index >= 15 is 0 Å². The zero-order chi connectivity index (χ0) is 8.32. The van der Waals surface area contributed by atoms with Crippen LogP contribution in [0.15, 0.2) is 0 Å². The zero-order valence-corrected chi connectivity index (χ0v) is 7.98. The highest BCUT2D eigenvalue weighted by Crippen LogP contribution is 2.33. The maximum atomic E-state index is 3.32. The van der Waals surface area contributed by atoms with Gasteiger partial charge in [0.25, 0.3) is 0 Å². The number of rotatable bonds is 1. The number of hydrogen-bond acceptors (Lipinski definition) is 2. The molecule has 0 aromatic rings. The monoisotopic (exact) mass is 156 g/mol. The summed E-state index contributed by atoms with van der Waals surface area (Å²) >= 11 is 0. The van der Waals surface area contributed by atoms with Gasteiger partial charge in [0.2, 0.25) is 0 Å². The van der Waals surface area contributed by atoms with Gasteiger partial charge < -0.3 is 10.2 Å². The van der Waals surface area contributed by atoms with E-state index < -0.39 is 0 Å². The van der Waals surface area contributed by atoms with Crippen molar-refractivity contribution in [2.24, 2.45) is 5.41 Å². The molecule has 0 aromatic carbocycles. The first kappa shape index (κ1) is 9.01. The van der Waals surface area contributed by atoms with Crippen LogP contribution in [0.4, 0.5) is 0 Å². The minimum absolute atomic E-state index is 0.732. The van der Waals surface area contributed by atoms with Gasteiger partial charge in [0, 0.05) is 31.6 Å². The van der Waals surface area contributed by atoms with Gasteiger partial charge in [-0.1, -0.05) is 20.8 Å². The van der Waals surface area contributed by atoms with Gasteiger partial charge in [-0.25, -0.2) is 0 Å². The van der Waals surface area contributed by atoms with E-state index in [1.807, 2.05) is 13.8 Å². The molecule has 2 fully saturated rings. The lowest BCUT2D eigenvalue weighted by Gasteiger charge is -2.56. The van der Waals surface area contributed by atoms with Crippen LogP contribution in [0.3, 0.4) is 0 Å². The minimum atomic E-state index is 0.732. The van der Waals surface area contributed by atoms with Crippen molar-refractivity contribution in [3.05, 3.63) is 0 Å². The summed E-state index contributed by atoms with van der Waals surface area (Å²) in [5.41, 5.74) is 0.732. The average Bonchev–Trinajstić information content (AvgIpc) is 1.87. The first-order chi connectivity index (χ1) is 5.35. The van der Waals surface area contributed by atoms with Crippen molar-refractivity contribution in [1.82, 2.24) is 10.2 Å². The van der Waals surface area contributed by atoms with Gasteiger partial charge in [-0.3, -0.25) is 0 Å². The Kier molecular flexibility index (Phi) is 2.90. The predicted molar refractivity (Wildman–Crippen MR) is 48.8 cm³/mol. The Hall–Kier alpha value is -0.0800. The molecule has 1 N–H and O–H groups in total. The van der Waals surface area contributed by atoms with Crippen molar-refractivity contribution >= 4 is 0 Å². The normalized spacial score (nSPS) is 26.5. The summed E-state index contributed by atoms with van der Waals surface area (Å²) in [4.78, 5) is 2.50. The first-order valence-electron chi connectivity index (χ1n) is 4.78. The SMILES string of the molecule is CC.CCN1CC2(CNC2)C1. The molecule has 0 aliphatic carbocycles. The Morgan fingerprint density at radius 1 is 1.27 bits per heavy atom. The summed E-state index contributed by atoms with van der Waals surface area (Å²) in [5.74, 6) is 0. The molecule has 0 atom stereocenters. The third kappa shape index (κ3) is 1.57. The van der Waals surface area contributed by atoms with Crippen molar-refractivity contribution in [2.45, 2.75) is 20.8 Å². The third-order valence-electron chi connectivity index (χ3n) is 2.57. The van der Waals surface area contributed by atoms with Crippen molar-refractivity contribution < 1.29 is 0 Å². The van der Waals surface area contributed by atoms with E-state index in [1.165, 1.54) is 32.7 Å². The number of likely N-dealkylation sites (tertiary alicyclic amines) is 1. The molecule has 66 valence electrons. The summed E-state index contributed by atoms with van der Waals surface area (Å²) in [6.07, 6.45) is 0. The van der Waals surface area contributed by atoms with Crippen LogP contribution in [0.25, 0.3) is 0 Å². The molecule has 0 radical (unpaired) electrons. The van der Waals surface area contributed by atoms with Crippen molar-refractivity contribution in [3.8, 4) is 0 Å². The summed E-state index contributed by atoms with van der Waals surface area (Å²) in [6, 6.07) is 0. The molecule has 0 amide bonds. The van der Waals surface area contributed by atoms with Crippen molar-refractivity contribution in [1.29, 1.82) is 0 Å². The molecule has 2 aliphatic heterocycles. The van der Waals surface area contributed by atoms with Gasteiger partial charge in [-0.2, -0.15) is 0 Å². The van der Waals surface area contributed by atoms with E-state index in [1.54, 1.807) is 0 Å².